The minimum Gasteiger partial charge on any atom is -0.508 e. The van der Waals surface area contributed by atoms with Gasteiger partial charge >= 0.3 is 0 Å². The molecule has 2 aromatic heterocycles. The van der Waals surface area contributed by atoms with Crippen LogP contribution in [0.1, 0.15) is 5.56 Å². The fourth-order valence-corrected chi connectivity index (χ4v) is 3.53. The zero-order chi connectivity index (χ0) is 19.5. The van der Waals surface area contributed by atoms with Gasteiger partial charge in [0.2, 0.25) is 4.80 Å². The predicted molar refractivity (Wildman–Crippen MR) is 111 cm³/mol. The summed E-state index contributed by atoms with van der Waals surface area (Å²) in [6.07, 6.45) is 3.22. The van der Waals surface area contributed by atoms with E-state index in [0.29, 0.717) is 22.7 Å². The summed E-state index contributed by atoms with van der Waals surface area (Å²) in [6.45, 7) is 4.16. The summed E-state index contributed by atoms with van der Waals surface area (Å²) >= 11 is 1.43. The molecule has 0 atom stereocenters. The number of thiazole rings is 1. The molecule has 0 aliphatic heterocycles. The van der Waals surface area contributed by atoms with Gasteiger partial charge in [-0.15, -0.1) is 17.9 Å². The van der Waals surface area contributed by atoms with E-state index in [1.165, 1.54) is 29.7 Å². The molecule has 2 N–H and O–H groups in total. The molecular formula is C21H17N3O3S. The normalized spacial score (nSPS) is 12.2. The van der Waals surface area contributed by atoms with Crippen molar-refractivity contribution in [3.63, 3.8) is 0 Å². The molecule has 0 saturated heterocycles. The number of phenolic OH excluding ortho intramolecular Hbond substituents is 2. The maximum Gasteiger partial charge on any atom is 0.206 e. The molecule has 6 nitrogen and oxygen atoms in total. The zero-order valence-corrected chi connectivity index (χ0v) is 15.6. The van der Waals surface area contributed by atoms with Gasteiger partial charge in [-0.25, -0.2) is 4.68 Å². The van der Waals surface area contributed by atoms with Gasteiger partial charge in [0.05, 0.1) is 12.8 Å². The lowest BCUT2D eigenvalue weighted by molar-refractivity contribution is 0.450. The van der Waals surface area contributed by atoms with Crippen molar-refractivity contribution in [3.8, 4) is 23.0 Å². The average molecular weight is 391 g/mol. The first-order valence-corrected chi connectivity index (χ1v) is 9.41. The summed E-state index contributed by atoms with van der Waals surface area (Å²) in [5, 5.41) is 26.9. The van der Waals surface area contributed by atoms with Gasteiger partial charge in [-0.2, -0.15) is 5.10 Å². The smallest absolute Gasteiger partial charge is 0.206 e. The number of aromatic hydroxyl groups is 2. The van der Waals surface area contributed by atoms with Crippen molar-refractivity contribution in [3.05, 3.63) is 76.9 Å². The number of aromatic nitrogens is 1. The van der Waals surface area contributed by atoms with Crippen molar-refractivity contribution < 1.29 is 14.6 Å². The van der Waals surface area contributed by atoms with Gasteiger partial charge in [0.25, 0.3) is 0 Å². The molecule has 28 heavy (non-hydrogen) atoms. The Morgan fingerprint density at radius 1 is 1.14 bits per heavy atom. The van der Waals surface area contributed by atoms with E-state index in [4.69, 9.17) is 4.42 Å². The van der Waals surface area contributed by atoms with E-state index >= 15 is 0 Å². The molecule has 4 rings (SSSR count). The highest BCUT2D eigenvalue weighted by molar-refractivity contribution is 7.07. The highest BCUT2D eigenvalue weighted by Gasteiger charge is 2.12. The number of nitrogens with zero attached hydrogens (tertiary/aromatic N) is 3. The fourth-order valence-electron chi connectivity index (χ4n) is 2.70. The molecule has 0 saturated carbocycles. The molecule has 4 aromatic rings. The topological polar surface area (TPSA) is 83.2 Å². The van der Waals surface area contributed by atoms with Crippen molar-refractivity contribution in [2.24, 2.45) is 10.1 Å². The van der Waals surface area contributed by atoms with Gasteiger partial charge in [-0.3, -0.25) is 4.99 Å². The van der Waals surface area contributed by atoms with Crippen molar-refractivity contribution in [2.45, 2.75) is 0 Å². The molecule has 0 spiro atoms. The maximum atomic E-state index is 10.00. The van der Waals surface area contributed by atoms with Crippen LogP contribution in [0.4, 0.5) is 0 Å². The molecule has 0 radical (unpaired) electrons. The Bertz CT molecular complexity index is 1210. The number of fused-ring (bicyclic) bond motifs is 1. The number of phenols is 2. The van der Waals surface area contributed by atoms with Gasteiger partial charge in [-0.05, 0) is 24.3 Å². The molecule has 0 fully saturated rings. The third-order valence-corrected chi connectivity index (χ3v) is 4.90. The van der Waals surface area contributed by atoms with E-state index in [2.05, 4.69) is 16.7 Å². The molecule has 7 heteroatoms. The molecule has 140 valence electrons. The van der Waals surface area contributed by atoms with E-state index in [0.717, 1.165) is 16.7 Å². The number of hydrogen-bond donors (Lipinski definition) is 2. The van der Waals surface area contributed by atoms with E-state index < -0.39 is 0 Å². The number of hydrogen-bond acceptors (Lipinski definition) is 6. The van der Waals surface area contributed by atoms with Crippen LogP contribution in [0.3, 0.4) is 0 Å². The van der Waals surface area contributed by atoms with E-state index in [1.54, 1.807) is 16.8 Å². The Labute approximate surface area is 164 Å². The van der Waals surface area contributed by atoms with Crippen LogP contribution < -0.4 is 4.80 Å². The minimum atomic E-state index is -0.0607. The Balaban J connectivity index is 1.82. The number of para-hydroxylation sites is 1. The van der Waals surface area contributed by atoms with Crippen LogP contribution in [-0.4, -0.2) is 27.6 Å². The number of benzene rings is 2. The van der Waals surface area contributed by atoms with Crippen molar-refractivity contribution in [1.82, 2.24) is 4.68 Å². The molecular weight excluding hydrogens is 374 g/mol. The molecule has 0 unspecified atom stereocenters. The van der Waals surface area contributed by atoms with Gasteiger partial charge in [0.1, 0.15) is 22.8 Å². The van der Waals surface area contributed by atoms with Gasteiger partial charge in [0, 0.05) is 22.4 Å². The SMILES string of the molecule is C=CCN=c1scc(-c2cc3ccccc3o2)n1N=Cc1ccc(O)cc1O. The molecule has 0 aliphatic carbocycles. The maximum absolute atomic E-state index is 10.00. The van der Waals surface area contributed by atoms with E-state index in [-0.39, 0.29) is 11.5 Å². The number of furan rings is 1. The largest absolute Gasteiger partial charge is 0.508 e. The van der Waals surface area contributed by atoms with Crippen LogP contribution in [0.15, 0.2) is 81.1 Å². The average Bonchev–Trinajstić information content (AvgIpc) is 3.29. The molecule has 0 bridgehead atoms. The molecule has 2 aromatic carbocycles. The standard InChI is InChI=1S/C21H17N3O3S/c1-2-9-22-21-24(23-12-15-7-8-16(25)11-18(15)26)17(13-28-21)20-10-14-5-3-4-6-19(14)27-20/h2-8,10-13,25-26H,1,9H2. The Morgan fingerprint density at radius 3 is 2.79 bits per heavy atom. The zero-order valence-electron chi connectivity index (χ0n) is 14.8. The van der Waals surface area contributed by atoms with Crippen LogP contribution >= 0.6 is 11.3 Å². The van der Waals surface area contributed by atoms with Crippen LogP contribution in [0, 0.1) is 0 Å². The predicted octanol–water partition coefficient (Wildman–Crippen LogP) is 4.34. The first-order valence-electron chi connectivity index (χ1n) is 8.53. The lowest BCUT2D eigenvalue weighted by atomic mass is 10.2. The second-order valence-corrected chi connectivity index (χ2v) is 6.82. The fraction of sp³-hybridized carbons (Fsp3) is 0.0476. The Hall–Kier alpha value is -3.58. The lowest BCUT2D eigenvalue weighted by Crippen LogP contribution is -2.12. The highest BCUT2D eigenvalue weighted by Crippen LogP contribution is 2.28. The van der Waals surface area contributed by atoms with Crippen molar-refractivity contribution >= 4 is 28.5 Å². The van der Waals surface area contributed by atoms with Gasteiger partial charge in [-0.1, -0.05) is 24.3 Å². The lowest BCUT2D eigenvalue weighted by Gasteiger charge is -2.02. The summed E-state index contributed by atoms with van der Waals surface area (Å²) in [7, 11) is 0. The summed E-state index contributed by atoms with van der Waals surface area (Å²) in [6, 6.07) is 14.1. The first-order chi connectivity index (χ1) is 13.7. The highest BCUT2D eigenvalue weighted by atomic mass is 32.1. The number of rotatable bonds is 5. The van der Waals surface area contributed by atoms with Gasteiger partial charge < -0.3 is 14.6 Å². The summed E-state index contributed by atoms with van der Waals surface area (Å²) in [5.41, 5.74) is 2.01. The molecule has 2 heterocycles. The van der Waals surface area contributed by atoms with Crippen molar-refractivity contribution in [1.29, 1.82) is 0 Å². The van der Waals surface area contributed by atoms with Gasteiger partial charge in [0.15, 0.2) is 5.76 Å². The monoisotopic (exact) mass is 391 g/mol. The van der Waals surface area contributed by atoms with Crippen LogP contribution in [0.2, 0.25) is 0 Å². The second-order valence-electron chi connectivity index (χ2n) is 5.98. The Morgan fingerprint density at radius 2 is 2.00 bits per heavy atom. The van der Waals surface area contributed by atoms with E-state index in [1.807, 2.05) is 35.7 Å². The second kappa shape index (κ2) is 7.58. The summed E-state index contributed by atoms with van der Waals surface area (Å²) in [5.74, 6) is 0.599. The Kier molecular flexibility index (Phi) is 4.82. The van der Waals surface area contributed by atoms with Crippen molar-refractivity contribution in [2.75, 3.05) is 6.54 Å². The molecule has 0 amide bonds. The summed E-state index contributed by atoms with van der Waals surface area (Å²) in [4.78, 5) is 5.15. The summed E-state index contributed by atoms with van der Waals surface area (Å²) < 4.78 is 7.64. The van der Waals surface area contributed by atoms with Crippen LogP contribution in [0.5, 0.6) is 11.5 Å². The first kappa shape index (κ1) is 17.8. The third-order valence-electron chi connectivity index (χ3n) is 4.05. The third kappa shape index (κ3) is 3.47. The van der Waals surface area contributed by atoms with Crippen LogP contribution in [0.25, 0.3) is 22.4 Å². The minimum absolute atomic E-state index is 0.0116. The van der Waals surface area contributed by atoms with E-state index in [9.17, 15) is 10.2 Å². The van der Waals surface area contributed by atoms with Crippen LogP contribution in [-0.2, 0) is 0 Å². The quantitative estimate of drug-likeness (QED) is 0.392. The molecule has 0 aliphatic rings.